The van der Waals surface area contributed by atoms with Crippen molar-refractivity contribution in [1.82, 2.24) is 4.90 Å². The highest BCUT2D eigenvalue weighted by Gasteiger charge is 2.21. The molecule has 0 atom stereocenters. The molecule has 1 aliphatic carbocycles. The molecule has 4 nitrogen and oxygen atoms in total. The Morgan fingerprint density at radius 2 is 2.25 bits per heavy atom. The third-order valence-electron chi connectivity index (χ3n) is 3.89. The fourth-order valence-electron chi connectivity index (χ4n) is 2.34. The minimum Gasteiger partial charge on any atom is -0.396 e. The normalized spacial score (nSPS) is 15.2. The summed E-state index contributed by atoms with van der Waals surface area (Å²) in [6.07, 6.45) is 5.17. The summed E-state index contributed by atoms with van der Waals surface area (Å²) in [5, 5.41) is 2.74. The maximum absolute atomic E-state index is 13.0. The minimum absolute atomic E-state index is 0.0486. The molecule has 0 bridgehead atoms. The van der Waals surface area contributed by atoms with Crippen molar-refractivity contribution < 1.29 is 9.18 Å². The van der Waals surface area contributed by atoms with Crippen LogP contribution in [0.5, 0.6) is 0 Å². The lowest BCUT2D eigenvalue weighted by Gasteiger charge is -2.34. The molecule has 1 saturated carbocycles. The van der Waals surface area contributed by atoms with E-state index in [1.807, 2.05) is 0 Å². The van der Waals surface area contributed by atoms with E-state index in [2.05, 4.69) is 17.3 Å². The Morgan fingerprint density at radius 3 is 2.85 bits per heavy atom. The number of amides is 1. The van der Waals surface area contributed by atoms with Gasteiger partial charge in [-0.05, 0) is 51.1 Å². The smallest absolute Gasteiger partial charge is 0.224 e. The van der Waals surface area contributed by atoms with Crippen LogP contribution in [-0.2, 0) is 4.79 Å². The Labute approximate surface area is 119 Å². The van der Waals surface area contributed by atoms with Gasteiger partial charge in [-0.25, -0.2) is 4.39 Å². The number of benzene rings is 1. The molecule has 2 rings (SSSR count). The molecule has 1 aromatic carbocycles. The molecular formula is C15H22FN3O. The second-order valence-corrected chi connectivity index (χ2v) is 5.45. The van der Waals surface area contributed by atoms with Gasteiger partial charge in [0, 0.05) is 18.2 Å². The van der Waals surface area contributed by atoms with Crippen LogP contribution in [0, 0.1) is 5.82 Å². The quantitative estimate of drug-likeness (QED) is 0.787. The highest BCUT2D eigenvalue weighted by atomic mass is 19.1. The third-order valence-corrected chi connectivity index (χ3v) is 3.89. The molecule has 1 amide bonds. The molecule has 0 aromatic heterocycles. The van der Waals surface area contributed by atoms with E-state index in [0.717, 1.165) is 13.0 Å². The summed E-state index contributed by atoms with van der Waals surface area (Å²) in [4.78, 5) is 14.1. The minimum atomic E-state index is -0.467. The number of hydrogen-bond donors (Lipinski definition) is 2. The number of hydrogen-bond acceptors (Lipinski definition) is 3. The van der Waals surface area contributed by atoms with E-state index in [9.17, 15) is 9.18 Å². The van der Waals surface area contributed by atoms with Gasteiger partial charge in [0.25, 0.3) is 0 Å². The van der Waals surface area contributed by atoms with Crippen molar-refractivity contribution >= 4 is 17.3 Å². The van der Waals surface area contributed by atoms with Crippen molar-refractivity contribution in [3.05, 3.63) is 24.0 Å². The molecule has 0 spiro atoms. The molecule has 20 heavy (non-hydrogen) atoms. The van der Waals surface area contributed by atoms with Gasteiger partial charge in [0.1, 0.15) is 5.82 Å². The Hall–Kier alpha value is -1.62. The number of halogens is 1. The standard InChI is InChI=1S/C15H22FN3O/c1-19(12-4-2-5-12)9-3-6-15(20)18-11-7-8-13(16)14(17)10-11/h7-8,10,12H,2-6,9,17H2,1H3,(H,18,20). The van der Waals surface area contributed by atoms with Crippen molar-refractivity contribution in [2.24, 2.45) is 0 Å². The fourth-order valence-corrected chi connectivity index (χ4v) is 2.34. The second kappa shape index (κ2) is 6.70. The maximum Gasteiger partial charge on any atom is 0.224 e. The van der Waals surface area contributed by atoms with E-state index >= 15 is 0 Å². The molecule has 5 heteroatoms. The predicted molar refractivity (Wildman–Crippen MR) is 78.9 cm³/mol. The summed E-state index contributed by atoms with van der Waals surface area (Å²) >= 11 is 0. The van der Waals surface area contributed by atoms with Crippen molar-refractivity contribution in [1.29, 1.82) is 0 Å². The zero-order valence-corrected chi connectivity index (χ0v) is 11.9. The average molecular weight is 279 g/mol. The summed E-state index contributed by atoms with van der Waals surface area (Å²) in [6.45, 7) is 0.934. The molecule has 0 aliphatic heterocycles. The molecule has 110 valence electrons. The fraction of sp³-hybridized carbons (Fsp3) is 0.533. The van der Waals surface area contributed by atoms with E-state index in [0.29, 0.717) is 18.2 Å². The number of rotatable bonds is 6. The Morgan fingerprint density at radius 1 is 1.50 bits per heavy atom. The van der Waals surface area contributed by atoms with Gasteiger partial charge < -0.3 is 16.0 Å². The Kier molecular flexibility index (Phi) is 4.95. The van der Waals surface area contributed by atoms with Crippen LogP contribution < -0.4 is 11.1 Å². The van der Waals surface area contributed by atoms with Crippen LogP contribution in [0.25, 0.3) is 0 Å². The summed E-state index contributed by atoms with van der Waals surface area (Å²) in [5.41, 5.74) is 6.05. The van der Waals surface area contributed by atoms with Gasteiger partial charge in [0.15, 0.2) is 0 Å². The number of carbonyl (C=O) groups is 1. The van der Waals surface area contributed by atoms with Gasteiger partial charge in [0.2, 0.25) is 5.91 Å². The summed E-state index contributed by atoms with van der Waals surface area (Å²) < 4.78 is 13.0. The predicted octanol–water partition coefficient (Wildman–Crippen LogP) is 2.61. The van der Waals surface area contributed by atoms with Gasteiger partial charge in [0.05, 0.1) is 5.69 Å². The summed E-state index contributed by atoms with van der Waals surface area (Å²) in [6, 6.07) is 4.92. The maximum atomic E-state index is 13.0. The summed E-state index contributed by atoms with van der Waals surface area (Å²) in [7, 11) is 2.11. The highest BCUT2D eigenvalue weighted by molar-refractivity contribution is 5.91. The van der Waals surface area contributed by atoms with E-state index < -0.39 is 5.82 Å². The monoisotopic (exact) mass is 279 g/mol. The molecule has 3 N–H and O–H groups in total. The number of anilines is 2. The zero-order valence-electron chi connectivity index (χ0n) is 11.9. The summed E-state index contributed by atoms with van der Waals surface area (Å²) in [5.74, 6) is -0.525. The lowest BCUT2D eigenvalue weighted by Crippen LogP contribution is -2.37. The molecule has 0 heterocycles. The van der Waals surface area contributed by atoms with E-state index in [1.165, 1.54) is 37.5 Å². The Balaban J connectivity index is 1.70. The average Bonchev–Trinajstić information content (AvgIpc) is 2.31. The molecular weight excluding hydrogens is 257 g/mol. The van der Waals surface area contributed by atoms with Gasteiger partial charge >= 0.3 is 0 Å². The highest BCUT2D eigenvalue weighted by Crippen LogP contribution is 2.23. The molecule has 0 radical (unpaired) electrons. The van der Waals surface area contributed by atoms with Crippen LogP contribution >= 0.6 is 0 Å². The first-order valence-corrected chi connectivity index (χ1v) is 7.11. The molecule has 1 fully saturated rings. The van der Waals surface area contributed by atoms with Crippen LogP contribution in [0.4, 0.5) is 15.8 Å². The first kappa shape index (κ1) is 14.8. The lowest BCUT2D eigenvalue weighted by atomic mass is 9.92. The van der Waals surface area contributed by atoms with Gasteiger partial charge in [-0.1, -0.05) is 6.42 Å². The van der Waals surface area contributed by atoms with Gasteiger partial charge in [-0.3, -0.25) is 4.79 Å². The Bertz CT molecular complexity index is 474. The largest absolute Gasteiger partial charge is 0.396 e. The van der Waals surface area contributed by atoms with Crippen LogP contribution in [0.2, 0.25) is 0 Å². The van der Waals surface area contributed by atoms with E-state index in [4.69, 9.17) is 5.73 Å². The van der Waals surface area contributed by atoms with Crippen molar-refractivity contribution in [3.8, 4) is 0 Å². The number of nitrogens with two attached hydrogens (primary N) is 1. The van der Waals surface area contributed by atoms with E-state index in [1.54, 1.807) is 0 Å². The van der Waals surface area contributed by atoms with Crippen molar-refractivity contribution in [3.63, 3.8) is 0 Å². The molecule has 0 saturated heterocycles. The van der Waals surface area contributed by atoms with Gasteiger partial charge in [-0.15, -0.1) is 0 Å². The second-order valence-electron chi connectivity index (χ2n) is 5.45. The number of nitrogens with one attached hydrogen (secondary N) is 1. The molecule has 0 unspecified atom stereocenters. The van der Waals surface area contributed by atoms with Crippen molar-refractivity contribution in [2.75, 3.05) is 24.6 Å². The number of nitrogen functional groups attached to an aromatic ring is 1. The van der Waals surface area contributed by atoms with Crippen LogP contribution in [-0.4, -0.2) is 30.4 Å². The SMILES string of the molecule is CN(CCCC(=O)Nc1ccc(F)c(N)c1)C1CCC1. The number of carbonyl (C=O) groups excluding carboxylic acids is 1. The lowest BCUT2D eigenvalue weighted by molar-refractivity contribution is -0.116. The molecule has 1 aromatic rings. The number of nitrogens with zero attached hydrogens (tertiary/aromatic N) is 1. The van der Waals surface area contributed by atoms with Crippen LogP contribution in [0.1, 0.15) is 32.1 Å². The first-order chi connectivity index (χ1) is 9.56. The van der Waals surface area contributed by atoms with Gasteiger partial charge in [-0.2, -0.15) is 0 Å². The third kappa shape index (κ3) is 3.93. The topological polar surface area (TPSA) is 58.4 Å². The van der Waals surface area contributed by atoms with Crippen LogP contribution in [0.15, 0.2) is 18.2 Å². The van der Waals surface area contributed by atoms with Crippen LogP contribution in [0.3, 0.4) is 0 Å². The van der Waals surface area contributed by atoms with E-state index in [-0.39, 0.29) is 11.6 Å². The first-order valence-electron chi connectivity index (χ1n) is 7.11. The van der Waals surface area contributed by atoms with Crippen molar-refractivity contribution in [2.45, 2.75) is 38.1 Å². The molecule has 1 aliphatic rings. The zero-order chi connectivity index (χ0) is 14.5.